The van der Waals surface area contributed by atoms with Gasteiger partial charge in [0.1, 0.15) is 0 Å². The van der Waals surface area contributed by atoms with Crippen LogP contribution in [-0.4, -0.2) is 26.9 Å². The summed E-state index contributed by atoms with van der Waals surface area (Å²) in [6, 6.07) is 27.0. The predicted molar refractivity (Wildman–Crippen MR) is 170 cm³/mol. The molecule has 4 aromatic rings. The van der Waals surface area contributed by atoms with Crippen LogP contribution in [-0.2, 0) is 29.7 Å². The van der Waals surface area contributed by atoms with Gasteiger partial charge in [0.05, 0.1) is 17.5 Å². The van der Waals surface area contributed by atoms with Crippen molar-refractivity contribution in [3.63, 3.8) is 0 Å². The highest BCUT2D eigenvalue weighted by Gasteiger charge is 2.44. The Balaban J connectivity index is 1.33. The minimum Gasteiger partial charge on any atom is -0.481 e. The minimum atomic E-state index is -0.902. The molecule has 1 heterocycles. The van der Waals surface area contributed by atoms with Gasteiger partial charge in [-0.3, -0.25) is 9.78 Å². The van der Waals surface area contributed by atoms with Crippen molar-refractivity contribution < 1.29 is 15.0 Å². The standard InChI is InChI=1S/C35H38ClNO3S/c1-34(2,40)30-9-4-3-7-25(30)13-17-32(41-23-35(18-19-35)22-33(38)39)27-8-5-6-24(20-27)10-15-29-16-12-26-11-14-28(36)21-31(26)37-29/h3-9,11-12,14,16,20-21,32,40H,10,13,15,17-19,22-23H2,1-2H3,(H,38,39). The average Bonchev–Trinajstić information content (AvgIpc) is 3.70. The van der Waals surface area contributed by atoms with E-state index in [4.69, 9.17) is 16.6 Å². The molecule has 5 rings (SSSR count). The second-order valence-corrected chi connectivity index (χ2v) is 13.6. The SMILES string of the molecule is CC(C)(O)c1ccccc1CCC(SCC1(CC(=O)O)CC1)c1cccc(CCc2ccc3ccc(Cl)cc3n2)c1. The molecular formula is C35H38ClNO3S. The fourth-order valence-electron chi connectivity index (χ4n) is 5.61. The maximum atomic E-state index is 11.5. The summed E-state index contributed by atoms with van der Waals surface area (Å²) in [5.74, 6) is 0.149. The van der Waals surface area contributed by atoms with Crippen LogP contribution in [0.25, 0.3) is 10.9 Å². The van der Waals surface area contributed by atoms with Crippen molar-refractivity contribution in [2.45, 2.75) is 69.6 Å². The van der Waals surface area contributed by atoms with Crippen LogP contribution in [0.3, 0.4) is 0 Å². The number of thioether (sulfide) groups is 1. The van der Waals surface area contributed by atoms with Gasteiger partial charge in [0.25, 0.3) is 0 Å². The van der Waals surface area contributed by atoms with Gasteiger partial charge in [-0.15, -0.1) is 0 Å². The van der Waals surface area contributed by atoms with Crippen LogP contribution in [0.4, 0.5) is 0 Å². The summed E-state index contributed by atoms with van der Waals surface area (Å²) in [6.45, 7) is 3.67. The summed E-state index contributed by atoms with van der Waals surface area (Å²) in [7, 11) is 0. The monoisotopic (exact) mass is 587 g/mol. The lowest BCUT2D eigenvalue weighted by Crippen LogP contribution is -2.18. The Labute approximate surface area is 252 Å². The van der Waals surface area contributed by atoms with E-state index in [9.17, 15) is 15.0 Å². The average molecular weight is 588 g/mol. The summed E-state index contributed by atoms with van der Waals surface area (Å²) in [4.78, 5) is 16.3. The molecule has 0 spiro atoms. The summed E-state index contributed by atoms with van der Waals surface area (Å²) in [5.41, 5.74) is 5.66. The molecule has 0 saturated heterocycles. The lowest BCUT2D eigenvalue weighted by molar-refractivity contribution is -0.138. The number of benzene rings is 3. The molecule has 6 heteroatoms. The second kappa shape index (κ2) is 12.6. The Kier molecular flexibility index (Phi) is 9.08. The van der Waals surface area contributed by atoms with Crippen molar-refractivity contribution in [2.75, 3.05) is 5.75 Å². The molecular weight excluding hydrogens is 550 g/mol. The van der Waals surface area contributed by atoms with Crippen LogP contribution in [0.1, 0.15) is 72.7 Å². The van der Waals surface area contributed by atoms with E-state index in [0.29, 0.717) is 5.02 Å². The molecule has 1 fully saturated rings. The number of aliphatic carboxylic acids is 1. The fraction of sp³-hybridized carbons (Fsp3) is 0.371. The molecule has 214 valence electrons. The predicted octanol–water partition coefficient (Wildman–Crippen LogP) is 8.56. The molecule has 1 aromatic heterocycles. The van der Waals surface area contributed by atoms with Crippen molar-refractivity contribution in [1.29, 1.82) is 0 Å². The molecule has 0 radical (unpaired) electrons. The number of carboxylic acids is 1. The number of hydrogen-bond donors (Lipinski definition) is 2. The number of aliphatic hydroxyl groups is 1. The van der Waals surface area contributed by atoms with Crippen LogP contribution >= 0.6 is 23.4 Å². The molecule has 1 saturated carbocycles. The number of nitrogens with zero attached hydrogens (tertiary/aromatic N) is 1. The van der Waals surface area contributed by atoms with Crippen molar-refractivity contribution in [1.82, 2.24) is 4.98 Å². The Morgan fingerprint density at radius 1 is 1.00 bits per heavy atom. The molecule has 41 heavy (non-hydrogen) atoms. The van der Waals surface area contributed by atoms with Crippen molar-refractivity contribution >= 4 is 40.2 Å². The van der Waals surface area contributed by atoms with E-state index < -0.39 is 11.6 Å². The zero-order valence-corrected chi connectivity index (χ0v) is 25.3. The summed E-state index contributed by atoms with van der Waals surface area (Å²) in [5, 5.41) is 22.2. The quantitative estimate of drug-likeness (QED) is 0.164. The van der Waals surface area contributed by atoms with Crippen molar-refractivity contribution in [3.05, 3.63) is 112 Å². The molecule has 0 amide bonds. The summed E-state index contributed by atoms with van der Waals surface area (Å²) in [6.07, 6.45) is 5.71. The minimum absolute atomic E-state index is 0.0675. The highest BCUT2D eigenvalue weighted by Crippen LogP contribution is 2.53. The first-order valence-corrected chi connectivity index (χ1v) is 15.8. The lowest BCUT2D eigenvalue weighted by atomic mass is 9.90. The third-order valence-corrected chi connectivity index (χ3v) is 10.1. The Morgan fingerprint density at radius 2 is 1.78 bits per heavy atom. The largest absolute Gasteiger partial charge is 0.481 e. The number of aryl methyl sites for hydroxylation is 3. The molecule has 4 nitrogen and oxygen atoms in total. The molecule has 3 aromatic carbocycles. The highest BCUT2D eigenvalue weighted by atomic mass is 35.5. The number of fused-ring (bicyclic) bond motifs is 1. The van der Waals surface area contributed by atoms with E-state index in [2.05, 4.69) is 42.5 Å². The highest BCUT2D eigenvalue weighted by molar-refractivity contribution is 7.99. The van der Waals surface area contributed by atoms with Crippen molar-refractivity contribution in [2.24, 2.45) is 5.41 Å². The van der Waals surface area contributed by atoms with E-state index in [0.717, 1.165) is 72.0 Å². The summed E-state index contributed by atoms with van der Waals surface area (Å²) >= 11 is 8.08. The van der Waals surface area contributed by atoms with Gasteiger partial charge in [0.2, 0.25) is 0 Å². The molecule has 1 unspecified atom stereocenters. The van der Waals surface area contributed by atoms with E-state index in [1.165, 1.54) is 11.1 Å². The van der Waals surface area contributed by atoms with E-state index in [1.54, 1.807) is 0 Å². The van der Waals surface area contributed by atoms with Crippen LogP contribution < -0.4 is 0 Å². The van der Waals surface area contributed by atoms with Crippen LogP contribution in [0.15, 0.2) is 78.9 Å². The maximum Gasteiger partial charge on any atom is 0.303 e. The van der Waals surface area contributed by atoms with Gasteiger partial charge < -0.3 is 10.2 Å². The first-order valence-electron chi connectivity index (χ1n) is 14.4. The topological polar surface area (TPSA) is 70.4 Å². The third kappa shape index (κ3) is 7.91. The van der Waals surface area contributed by atoms with Gasteiger partial charge in [0.15, 0.2) is 0 Å². The van der Waals surface area contributed by atoms with Crippen molar-refractivity contribution in [3.8, 4) is 0 Å². The first kappa shape index (κ1) is 29.6. The number of aromatic nitrogens is 1. The smallest absolute Gasteiger partial charge is 0.303 e. The third-order valence-electron chi connectivity index (χ3n) is 8.13. The zero-order chi connectivity index (χ0) is 29.0. The Hall–Kier alpha value is -2.86. The van der Waals surface area contributed by atoms with E-state index >= 15 is 0 Å². The number of hydrogen-bond acceptors (Lipinski definition) is 4. The van der Waals surface area contributed by atoms with Gasteiger partial charge >= 0.3 is 5.97 Å². The van der Waals surface area contributed by atoms with E-state index in [1.807, 2.05) is 62.0 Å². The summed E-state index contributed by atoms with van der Waals surface area (Å²) < 4.78 is 0. The Morgan fingerprint density at radius 3 is 2.54 bits per heavy atom. The second-order valence-electron chi connectivity index (χ2n) is 12.0. The first-order chi connectivity index (χ1) is 19.6. The maximum absolute atomic E-state index is 11.5. The number of pyridine rings is 1. The molecule has 1 atom stereocenters. The molecule has 2 N–H and O–H groups in total. The fourth-order valence-corrected chi connectivity index (χ4v) is 7.34. The number of rotatable bonds is 13. The van der Waals surface area contributed by atoms with Gasteiger partial charge in [-0.25, -0.2) is 0 Å². The number of carboxylic acid groups (broad SMARTS) is 1. The molecule has 0 bridgehead atoms. The van der Waals surface area contributed by atoms with Gasteiger partial charge in [0, 0.05) is 27.1 Å². The lowest BCUT2D eigenvalue weighted by Gasteiger charge is -2.24. The molecule has 1 aliphatic carbocycles. The normalized spacial score (nSPS) is 15.1. The van der Waals surface area contributed by atoms with Crippen LogP contribution in [0, 0.1) is 5.41 Å². The molecule has 1 aliphatic rings. The van der Waals surface area contributed by atoms with Gasteiger partial charge in [-0.2, -0.15) is 11.8 Å². The zero-order valence-electron chi connectivity index (χ0n) is 23.8. The van der Waals surface area contributed by atoms with Crippen LogP contribution in [0.5, 0.6) is 0 Å². The Bertz CT molecular complexity index is 1530. The van der Waals surface area contributed by atoms with Gasteiger partial charge in [-0.1, -0.05) is 72.3 Å². The number of halogens is 1. The van der Waals surface area contributed by atoms with E-state index in [-0.39, 0.29) is 17.1 Å². The van der Waals surface area contributed by atoms with Crippen LogP contribution in [0.2, 0.25) is 5.02 Å². The number of carbonyl (C=O) groups is 1. The van der Waals surface area contributed by atoms with Gasteiger partial charge in [-0.05, 0) is 98.2 Å². The molecule has 0 aliphatic heterocycles.